The van der Waals surface area contributed by atoms with E-state index in [2.05, 4.69) is 44.3 Å². The fourth-order valence-corrected chi connectivity index (χ4v) is 2.73. The van der Waals surface area contributed by atoms with Gasteiger partial charge in [0.25, 0.3) is 0 Å². The summed E-state index contributed by atoms with van der Waals surface area (Å²) in [4.78, 5) is 0. The maximum Gasteiger partial charge on any atom is 0.0591 e. The van der Waals surface area contributed by atoms with Crippen molar-refractivity contribution in [2.24, 2.45) is 0 Å². The molecule has 2 heteroatoms. The molecule has 0 bridgehead atoms. The number of rotatable bonds is 3. The Hall–Kier alpha value is -1.31. The van der Waals surface area contributed by atoms with Crippen LogP contribution in [0, 0.1) is 20.8 Å². The molecule has 0 aliphatic rings. The molecule has 0 amide bonds. The van der Waals surface area contributed by atoms with Crippen molar-refractivity contribution >= 4 is 11.6 Å². The molecule has 1 nitrogen and oxygen atoms in total. The Morgan fingerprint density at radius 3 is 2.16 bits per heavy atom. The van der Waals surface area contributed by atoms with Gasteiger partial charge >= 0.3 is 0 Å². The molecule has 1 atom stereocenters. The van der Waals surface area contributed by atoms with E-state index < -0.39 is 0 Å². The Morgan fingerprint density at radius 1 is 0.895 bits per heavy atom. The minimum absolute atomic E-state index is 0.132. The molecule has 0 fully saturated rings. The first-order chi connectivity index (χ1) is 9.04. The molecular formula is C17H20ClN. The summed E-state index contributed by atoms with van der Waals surface area (Å²) < 4.78 is 0. The second-order valence-electron chi connectivity index (χ2n) is 5.04. The van der Waals surface area contributed by atoms with Crippen LogP contribution in [0.1, 0.15) is 33.9 Å². The van der Waals surface area contributed by atoms with E-state index in [1.54, 1.807) is 0 Å². The van der Waals surface area contributed by atoms with Crippen molar-refractivity contribution in [2.45, 2.75) is 26.8 Å². The molecule has 100 valence electrons. The third-order valence-electron chi connectivity index (χ3n) is 3.70. The molecule has 2 aromatic carbocycles. The van der Waals surface area contributed by atoms with Crippen molar-refractivity contribution in [3.63, 3.8) is 0 Å². The first-order valence-electron chi connectivity index (χ1n) is 6.54. The van der Waals surface area contributed by atoms with Crippen molar-refractivity contribution in [1.82, 2.24) is 5.32 Å². The van der Waals surface area contributed by atoms with Crippen LogP contribution in [0.3, 0.4) is 0 Å². The largest absolute Gasteiger partial charge is 0.309 e. The molecule has 2 aromatic rings. The zero-order valence-electron chi connectivity index (χ0n) is 11.9. The summed E-state index contributed by atoms with van der Waals surface area (Å²) in [5.41, 5.74) is 6.35. The fourth-order valence-electron chi connectivity index (χ4n) is 2.48. The van der Waals surface area contributed by atoms with E-state index in [1.165, 1.54) is 22.3 Å². The molecule has 2 rings (SSSR count). The van der Waals surface area contributed by atoms with E-state index in [9.17, 15) is 0 Å². The fraction of sp³-hybridized carbons (Fsp3) is 0.294. The minimum atomic E-state index is 0.132. The number of hydrogen-bond donors (Lipinski definition) is 1. The lowest BCUT2D eigenvalue weighted by Crippen LogP contribution is -2.19. The second kappa shape index (κ2) is 5.77. The van der Waals surface area contributed by atoms with Crippen LogP contribution in [-0.4, -0.2) is 7.05 Å². The van der Waals surface area contributed by atoms with Crippen LogP contribution in [0.2, 0.25) is 5.02 Å². The van der Waals surface area contributed by atoms with E-state index in [1.807, 2.05) is 25.2 Å². The van der Waals surface area contributed by atoms with Gasteiger partial charge in [-0.2, -0.15) is 0 Å². The van der Waals surface area contributed by atoms with Gasteiger partial charge in [0, 0.05) is 5.02 Å². The molecule has 1 N–H and O–H groups in total. The normalized spacial score (nSPS) is 12.5. The maximum atomic E-state index is 6.33. The van der Waals surface area contributed by atoms with Gasteiger partial charge in [-0.15, -0.1) is 0 Å². The smallest absolute Gasteiger partial charge is 0.0591 e. The number of aryl methyl sites for hydroxylation is 3. The van der Waals surface area contributed by atoms with Crippen molar-refractivity contribution in [3.05, 3.63) is 69.2 Å². The van der Waals surface area contributed by atoms with Crippen LogP contribution in [0.25, 0.3) is 0 Å². The van der Waals surface area contributed by atoms with E-state index in [4.69, 9.17) is 11.6 Å². The van der Waals surface area contributed by atoms with E-state index in [0.29, 0.717) is 0 Å². The molecule has 0 radical (unpaired) electrons. The Bertz CT molecular complexity index is 590. The van der Waals surface area contributed by atoms with Crippen molar-refractivity contribution in [3.8, 4) is 0 Å². The lowest BCUT2D eigenvalue weighted by Gasteiger charge is -2.22. The van der Waals surface area contributed by atoms with Crippen LogP contribution in [-0.2, 0) is 0 Å². The zero-order chi connectivity index (χ0) is 14.0. The van der Waals surface area contributed by atoms with Gasteiger partial charge in [0.2, 0.25) is 0 Å². The number of hydrogen-bond acceptors (Lipinski definition) is 1. The molecule has 0 aromatic heterocycles. The number of nitrogens with one attached hydrogen (secondary N) is 1. The Morgan fingerprint density at radius 2 is 1.53 bits per heavy atom. The average Bonchev–Trinajstić information content (AvgIpc) is 2.38. The van der Waals surface area contributed by atoms with Gasteiger partial charge in [-0.25, -0.2) is 0 Å². The Kier molecular flexibility index (Phi) is 4.28. The summed E-state index contributed by atoms with van der Waals surface area (Å²) in [6.45, 7) is 6.45. The summed E-state index contributed by atoms with van der Waals surface area (Å²) in [5, 5.41) is 4.18. The molecular weight excluding hydrogens is 254 g/mol. The lowest BCUT2D eigenvalue weighted by atomic mass is 9.92. The third kappa shape index (κ3) is 2.83. The van der Waals surface area contributed by atoms with Crippen molar-refractivity contribution < 1.29 is 0 Å². The molecule has 1 unspecified atom stereocenters. The number of halogens is 1. The van der Waals surface area contributed by atoms with Crippen LogP contribution in [0.4, 0.5) is 0 Å². The quantitative estimate of drug-likeness (QED) is 0.863. The van der Waals surface area contributed by atoms with Crippen LogP contribution in [0.5, 0.6) is 0 Å². The summed E-state index contributed by atoms with van der Waals surface area (Å²) >= 11 is 6.33. The highest BCUT2D eigenvalue weighted by Gasteiger charge is 2.17. The predicted molar refractivity (Wildman–Crippen MR) is 83.0 cm³/mol. The van der Waals surface area contributed by atoms with Crippen LogP contribution in [0.15, 0.2) is 36.4 Å². The van der Waals surface area contributed by atoms with Gasteiger partial charge in [-0.3, -0.25) is 0 Å². The van der Waals surface area contributed by atoms with E-state index >= 15 is 0 Å². The lowest BCUT2D eigenvalue weighted by molar-refractivity contribution is 0.687. The molecule has 0 aliphatic heterocycles. The molecule has 0 spiro atoms. The monoisotopic (exact) mass is 273 g/mol. The first-order valence-corrected chi connectivity index (χ1v) is 6.92. The van der Waals surface area contributed by atoms with Gasteiger partial charge < -0.3 is 5.32 Å². The van der Waals surface area contributed by atoms with Crippen molar-refractivity contribution in [2.75, 3.05) is 7.05 Å². The van der Waals surface area contributed by atoms with Crippen LogP contribution >= 0.6 is 11.6 Å². The topological polar surface area (TPSA) is 12.0 Å². The summed E-state index contributed by atoms with van der Waals surface area (Å²) in [6.07, 6.45) is 0. The summed E-state index contributed by atoms with van der Waals surface area (Å²) in [5.74, 6) is 0. The Labute approximate surface area is 120 Å². The van der Waals surface area contributed by atoms with E-state index in [0.717, 1.165) is 10.6 Å². The minimum Gasteiger partial charge on any atom is -0.309 e. The molecule has 0 saturated heterocycles. The van der Waals surface area contributed by atoms with Gasteiger partial charge in [-0.1, -0.05) is 41.9 Å². The molecule has 0 heterocycles. The van der Waals surface area contributed by atoms with Crippen molar-refractivity contribution in [1.29, 1.82) is 0 Å². The molecule has 0 saturated carbocycles. The zero-order valence-corrected chi connectivity index (χ0v) is 12.7. The van der Waals surface area contributed by atoms with Gasteiger partial charge in [0.05, 0.1) is 6.04 Å². The van der Waals surface area contributed by atoms with Gasteiger partial charge in [-0.05, 0) is 61.7 Å². The number of benzene rings is 2. The summed E-state index contributed by atoms with van der Waals surface area (Å²) in [7, 11) is 1.97. The molecule has 0 aliphatic carbocycles. The van der Waals surface area contributed by atoms with Gasteiger partial charge in [0.1, 0.15) is 0 Å². The SMILES string of the molecule is CNC(c1cc(C)c(C)cc1C)c1ccccc1Cl. The standard InChI is InChI=1S/C17H20ClN/c1-11-9-13(3)15(10-12(11)2)17(19-4)14-7-5-6-8-16(14)18/h5-10,17,19H,1-4H3. The average molecular weight is 274 g/mol. The highest BCUT2D eigenvalue weighted by Crippen LogP contribution is 2.31. The highest BCUT2D eigenvalue weighted by molar-refractivity contribution is 6.31. The van der Waals surface area contributed by atoms with Gasteiger partial charge in [0.15, 0.2) is 0 Å². The first kappa shape index (κ1) is 14.1. The molecule has 19 heavy (non-hydrogen) atoms. The predicted octanol–water partition coefficient (Wildman–Crippen LogP) is 4.57. The second-order valence-corrected chi connectivity index (χ2v) is 5.44. The Balaban J connectivity index is 2.55. The summed E-state index contributed by atoms with van der Waals surface area (Å²) in [6, 6.07) is 12.7. The third-order valence-corrected chi connectivity index (χ3v) is 4.04. The van der Waals surface area contributed by atoms with E-state index in [-0.39, 0.29) is 6.04 Å². The maximum absolute atomic E-state index is 6.33. The highest BCUT2D eigenvalue weighted by atomic mass is 35.5. The van der Waals surface area contributed by atoms with Crippen LogP contribution < -0.4 is 5.32 Å².